The molecule has 0 saturated heterocycles. The molecule has 0 unspecified atom stereocenters. The van der Waals surface area contributed by atoms with Gasteiger partial charge in [0.15, 0.2) is 5.16 Å². The van der Waals surface area contributed by atoms with Gasteiger partial charge < -0.3 is 4.74 Å². The summed E-state index contributed by atoms with van der Waals surface area (Å²) < 4.78 is 6.71. The van der Waals surface area contributed by atoms with E-state index < -0.39 is 0 Å². The van der Waals surface area contributed by atoms with Crippen LogP contribution >= 0.6 is 11.8 Å². The Morgan fingerprint density at radius 3 is 2.57 bits per heavy atom. The molecule has 126 valence electrons. The van der Waals surface area contributed by atoms with Crippen molar-refractivity contribution in [2.45, 2.75) is 50.1 Å². The number of nitrogens with zero attached hydrogens (tertiary/aromatic N) is 2. The molecule has 0 saturated carbocycles. The molecule has 0 radical (unpaired) electrons. The van der Waals surface area contributed by atoms with Gasteiger partial charge in [-0.25, -0.2) is 9.89 Å². The molecular formula is C17H25N3O2S. The highest BCUT2D eigenvalue weighted by Gasteiger charge is 2.13. The van der Waals surface area contributed by atoms with Gasteiger partial charge in [-0.3, -0.25) is 4.57 Å². The third-order valence-electron chi connectivity index (χ3n) is 3.64. The lowest BCUT2D eigenvalue weighted by Gasteiger charge is -2.19. The Balaban J connectivity index is 1.99. The maximum absolute atomic E-state index is 11.8. The Morgan fingerprint density at radius 2 is 1.96 bits per heavy atom. The zero-order chi connectivity index (χ0) is 16.9. The first kappa shape index (κ1) is 17.8. The summed E-state index contributed by atoms with van der Waals surface area (Å²) in [6.07, 6.45) is 0.795. The van der Waals surface area contributed by atoms with Gasteiger partial charge in [-0.1, -0.05) is 56.8 Å². The molecular weight excluding hydrogens is 310 g/mol. The smallest absolute Gasteiger partial charge is 0.343 e. The van der Waals surface area contributed by atoms with Gasteiger partial charge in [-0.2, -0.15) is 0 Å². The summed E-state index contributed by atoms with van der Waals surface area (Å²) in [7, 11) is 1.66. The number of nitrogens with one attached hydrogen (secondary N) is 1. The van der Waals surface area contributed by atoms with Crippen molar-refractivity contribution in [3.63, 3.8) is 0 Å². The number of benzene rings is 1. The van der Waals surface area contributed by atoms with Crippen molar-refractivity contribution in [2.75, 3.05) is 13.7 Å². The van der Waals surface area contributed by atoms with Gasteiger partial charge in [0, 0.05) is 26.0 Å². The minimum Gasteiger partial charge on any atom is -0.385 e. The van der Waals surface area contributed by atoms with Crippen molar-refractivity contribution in [2.24, 2.45) is 0 Å². The van der Waals surface area contributed by atoms with E-state index in [1.165, 1.54) is 11.1 Å². The third kappa shape index (κ3) is 4.97. The van der Waals surface area contributed by atoms with Crippen molar-refractivity contribution in [1.82, 2.24) is 14.8 Å². The van der Waals surface area contributed by atoms with E-state index >= 15 is 0 Å². The maximum Gasteiger partial charge on any atom is 0.343 e. The number of thioether (sulfide) groups is 1. The lowest BCUT2D eigenvalue weighted by atomic mass is 9.87. The molecule has 5 nitrogen and oxygen atoms in total. The number of H-pyrrole nitrogens is 1. The molecule has 0 bridgehead atoms. The van der Waals surface area contributed by atoms with Crippen LogP contribution in [0.25, 0.3) is 0 Å². The van der Waals surface area contributed by atoms with Crippen molar-refractivity contribution in [3.8, 4) is 0 Å². The molecule has 1 aromatic carbocycles. The van der Waals surface area contributed by atoms with Crippen LogP contribution in [0.2, 0.25) is 0 Å². The molecule has 2 rings (SSSR count). The van der Waals surface area contributed by atoms with E-state index in [1.807, 2.05) is 0 Å². The maximum atomic E-state index is 11.8. The molecule has 0 aliphatic heterocycles. The Kier molecular flexibility index (Phi) is 6.07. The lowest BCUT2D eigenvalue weighted by Crippen LogP contribution is -2.18. The fraction of sp³-hybridized carbons (Fsp3) is 0.529. The Bertz CT molecular complexity index is 668. The number of aromatic amines is 1. The first-order valence-corrected chi connectivity index (χ1v) is 8.77. The summed E-state index contributed by atoms with van der Waals surface area (Å²) in [6, 6.07) is 8.64. The first-order chi connectivity index (χ1) is 10.9. The molecule has 0 spiro atoms. The number of methoxy groups -OCH3 is 1. The fourth-order valence-corrected chi connectivity index (χ4v) is 3.15. The fourth-order valence-electron chi connectivity index (χ4n) is 2.23. The van der Waals surface area contributed by atoms with Crippen LogP contribution in [0.3, 0.4) is 0 Å². The number of aromatic nitrogens is 3. The molecule has 0 amide bonds. The van der Waals surface area contributed by atoms with Crippen LogP contribution < -0.4 is 5.69 Å². The average Bonchev–Trinajstić information content (AvgIpc) is 2.86. The van der Waals surface area contributed by atoms with Gasteiger partial charge in [0.25, 0.3) is 0 Å². The summed E-state index contributed by atoms with van der Waals surface area (Å²) in [5.41, 5.74) is 2.55. The molecule has 1 N–H and O–H groups in total. The topological polar surface area (TPSA) is 59.9 Å². The van der Waals surface area contributed by atoms with Crippen molar-refractivity contribution in [1.29, 1.82) is 0 Å². The van der Waals surface area contributed by atoms with Crippen molar-refractivity contribution >= 4 is 11.8 Å². The van der Waals surface area contributed by atoms with Crippen LogP contribution in [0.5, 0.6) is 0 Å². The first-order valence-electron chi connectivity index (χ1n) is 7.78. The molecule has 1 aromatic heterocycles. The molecule has 23 heavy (non-hydrogen) atoms. The van der Waals surface area contributed by atoms with Crippen LogP contribution in [-0.2, 0) is 22.4 Å². The SMILES string of the molecule is COCCCn1c(SCc2ccc(C(C)(C)C)cc2)n[nH]c1=O. The summed E-state index contributed by atoms with van der Waals surface area (Å²) in [4.78, 5) is 11.8. The van der Waals surface area contributed by atoms with Gasteiger partial charge in [0.05, 0.1) is 0 Å². The van der Waals surface area contributed by atoms with E-state index in [1.54, 1.807) is 23.4 Å². The summed E-state index contributed by atoms with van der Waals surface area (Å²) in [5, 5.41) is 7.37. The van der Waals surface area contributed by atoms with Gasteiger partial charge in [0.1, 0.15) is 0 Å². The molecule has 0 aliphatic rings. The largest absolute Gasteiger partial charge is 0.385 e. The normalized spacial score (nSPS) is 11.8. The van der Waals surface area contributed by atoms with Gasteiger partial charge in [-0.05, 0) is 23.0 Å². The Hall–Kier alpha value is -1.53. The summed E-state index contributed by atoms with van der Waals surface area (Å²) >= 11 is 1.57. The molecule has 0 aliphatic carbocycles. The Morgan fingerprint density at radius 1 is 1.26 bits per heavy atom. The monoisotopic (exact) mass is 335 g/mol. The van der Waals surface area contributed by atoms with Crippen molar-refractivity contribution < 1.29 is 4.74 Å². The highest BCUT2D eigenvalue weighted by Crippen LogP contribution is 2.25. The number of rotatable bonds is 7. The van der Waals surface area contributed by atoms with E-state index in [9.17, 15) is 4.79 Å². The summed E-state index contributed by atoms with van der Waals surface area (Å²) in [6.45, 7) is 7.88. The van der Waals surface area contributed by atoms with Gasteiger partial charge in [-0.15, -0.1) is 5.10 Å². The van der Waals surface area contributed by atoms with Gasteiger partial charge in [0.2, 0.25) is 0 Å². The van der Waals surface area contributed by atoms with Crippen LogP contribution in [0, 0.1) is 0 Å². The molecule has 0 atom stereocenters. The minimum atomic E-state index is -0.160. The van der Waals surface area contributed by atoms with E-state index in [-0.39, 0.29) is 11.1 Å². The number of hydrogen-bond donors (Lipinski definition) is 1. The highest BCUT2D eigenvalue weighted by atomic mass is 32.2. The zero-order valence-electron chi connectivity index (χ0n) is 14.3. The second-order valence-electron chi connectivity index (χ2n) is 6.54. The molecule has 1 heterocycles. The van der Waals surface area contributed by atoms with Crippen LogP contribution in [0.4, 0.5) is 0 Å². The number of ether oxygens (including phenoxy) is 1. The second-order valence-corrected chi connectivity index (χ2v) is 7.49. The van der Waals surface area contributed by atoms with Crippen LogP contribution in [-0.4, -0.2) is 28.5 Å². The third-order valence-corrected chi connectivity index (χ3v) is 4.69. The Labute approximate surface area is 141 Å². The molecule has 2 aromatic rings. The minimum absolute atomic E-state index is 0.160. The van der Waals surface area contributed by atoms with E-state index in [2.05, 4.69) is 55.2 Å². The molecule has 6 heteroatoms. The second kappa shape index (κ2) is 7.84. The van der Waals surface area contributed by atoms with Gasteiger partial charge >= 0.3 is 5.69 Å². The average molecular weight is 335 g/mol. The van der Waals surface area contributed by atoms with Crippen molar-refractivity contribution in [3.05, 3.63) is 45.9 Å². The van der Waals surface area contributed by atoms with Crippen LogP contribution in [0.1, 0.15) is 38.3 Å². The summed E-state index contributed by atoms with van der Waals surface area (Å²) in [5.74, 6) is 0.791. The van der Waals surface area contributed by atoms with E-state index in [0.29, 0.717) is 13.2 Å². The zero-order valence-corrected chi connectivity index (χ0v) is 15.1. The predicted molar refractivity (Wildman–Crippen MR) is 94.0 cm³/mol. The quantitative estimate of drug-likeness (QED) is 0.623. The highest BCUT2D eigenvalue weighted by molar-refractivity contribution is 7.98. The van der Waals surface area contributed by atoms with E-state index in [4.69, 9.17) is 4.74 Å². The standard InChI is InChI=1S/C17H25N3O2S/c1-17(2,3)14-8-6-13(7-9-14)12-23-16-19-18-15(21)20(16)10-5-11-22-4/h6-9H,5,10-12H2,1-4H3,(H,18,21). The lowest BCUT2D eigenvalue weighted by molar-refractivity contribution is 0.189. The van der Waals surface area contributed by atoms with E-state index in [0.717, 1.165) is 17.3 Å². The number of hydrogen-bond acceptors (Lipinski definition) is 4. The van der Waals surface area contributed by atoms with Crippen LogP contribution in [0.15, 0.2) is 34.2 Å². The molecule has 0 fully saturated rings. The predicted octanol–water partition coefficient (Wildman–Crippen LogP) is 3.20.